The Balaban J connectivity index is 1.95. The molecule has 3 rings (SSSR count). The molecule has 0 N–H and O–H groups in total. The largest absolute Gasteiger partial charge is 0.246 e. The van der Waals surface area contributed by atoms with E-state index in [1.165, 1.54) is 22.7 Å². The van der Waals surface area contributed by atoms with Gasteiger partial charge in [0.2, 0.25) is 15.0 Å². The van der Waals surface area contributed by atoms with Crippen LogP contribution in [0.25, 0.3) is 5.69 Å². The Bertz CT molecular complexity index is 884. The van der Waals surface area contributed by atoms with Crippen LogP contribution in [-0.4, -0.2) is 38.2 Å². The molecule has 0 amide bonds. The van der Waals surface area contributed by atoms with Gasteiger partial charge < -0.3 is 0 Å². The average Bonchev–Trinajstić information content (AvgIpc) is 3.16. The molecule has 0 radical (unpaired) electrons. The highest BCUT2D eigenvalue weighted by Gasteiger charge is 2.31. The van der Waals surface area contributed by atoms with E-state index < -0.39 is 15.1 Å². The smallest absolute Gasteiger partial charge is 0.240 e. The lowest BCUT2D eigenvalue weighted by molar-refractivity contribution is 0.558. The number of aryl methyl sites for hydroxylation is 1. The maximum absolute atomic E-state index is 12.6. The predicted octanol–water partition coefficient (Wildman–Crippen LogP) is 0.931. The van der Waals surface area contributed by atoms with Crippen LogP contribution in [0.1, 0.15) is 17.9 Å². The molecule has 0 saturated heterocycles. The summed E-state index contributed by atoms with van der Waals surface area (Å²) in [7, 11) is -2.14. The number of benzene rings is 1. The van der Waals surface area contributed by atoms with Crippen molar-refractivity contribution in [3.63, 3.8) is 0 Å². The highest BCUT2D eigenvalue weighted by atomic mass is 32.2. The summed E-state index contributed by atoms with van der Waals surface area (Å²) in [6, 6.07) is 9.36. The number of sulfone groups is 1. The molecular weight excluding hydrogens is 304 g/mol. The third kappa shape index (κ3) is 2.39. The predicted molar refractivity (Wildman–Crippen MR) is 78.0 cm³/mol. The van der Waals surface area contributed by atoms with Crippen LogP contribution in [0.2, 0.25) is 0 Å². The minimum atomic E-state index is -3.67. The second kappa shape index (κ2) is 5.34. The standard InChI is InChI=1S/C13H14N6O2S/c1-10(22(20,21)13-14-9-15-18(13)2)12-8-19(17-16-12)11-6-4-3-5-7-11/h3-10H,1-2H3. The summed E-state index contributed by atoms with van der Waals surface area (Å²) in [4.78, 5) is 3.81. The molecule has 2 heterocycles. The van der Waals surface area contributed by atoms with Gasteiger partial charge in [-0.25, -0.2) is 22.8 Å². The maximum Gasteiger partial charge on any atom is 0.246 e. The number of para-hydroxylation sites is 1. The zero-order valence-electron chi connectivity index (χ0n) is 12.0. The SMILES string of the molecule is CC(c1cn(-c2ccccc2)nn1)S(=O)(=O)c1ncnn1C. The van der Waals surface area contributed by atoms with Gasteiger partial charge in [-0.2, -0.15) is 5.10 Å². The monoisotopic (exact) mass is 318 g/mol. The first-order valence-electron chi connectivity index (χ1n) is 6.55. The van der Waals surface area contributed by atoms with E-state index in [4.69, 9.17) is 0 Å². The third-order valence-electron chi connectivity index (χ3n) is 3.34. The Morgan fingerprint density at radius 2 is 1.91 bits per heavy atom. The maximum atomic E-state index is 12.6. The van der Waals surface area contributed by atoms with Crippen LogP contribution in [0.4, 0.5) is 0 Å². The van der Waals surface area contributed by atoms with E-state index in [0.717, 1.165) is 5.69 Å². The van der Waals surface area contributed by atoms with Gasteiger partial charge in [0.05, 0.1) is 11.9 Å². The van der Waals surface area contributed by atoms with Crippen LogP contribution < -0.4 is 0 Å². The highest BCUT2D eigenvalue weighted by molar-refractivity contribution is 7.91. The summed E-state index contributed by atoms with van der Waals surface area (Å²) in [5, 5.41) is 10.8. The van der Waals surface area contributed by atoms with Crippen LogP contribution in [0.15, 0.2) is 48.0 Å². The van der Waals surface area contributed by atoms with Crippen molar-refractivity contribution < 1.29 is 8.42 Å². The fourth-order valence-corrected chi connectivity index (χ4v) is 3.38. The molecular formula is C13H14N6O2S. The average molecular weight is 318 g/mol. The number of hydrogen-bond donors (Lipinski definition) is 0. The molecule has 0 aliphatic rings. The van der Waals surface area contributed by atoms with Gasteiger partial charge in [0.15, 0.2) is 0 Å². The molecule has 9 heteroatoms. The van der Waals surface area contributed by atoms with Gasteiger partial charge in [-0.15, -0.1) is 5.10 Å². The van der Waals surface area contributed by atoms with Crippen molar-refractivity contribution in [2.45, 2.75) is 17.3 Å². The molecule has 114 valence electrons. The Morgan fingerprint density at radius 1 is 1.18 bits per heavy atom. The second-order valence-corrected chi connectivity index (χ2v) is 6.94. The van der Waals surface area contributed by atoms with Crippen LogP contribution in [0.5, 0.6) is 0 Å². The lowest BCUT2D eigenvalue weighted by Gasteiger charge is -2.08. The Kier molecular flexibility index (Phi) is 3.49. The fraction of sp³-hybridized carbons (Fsp3) is 0.231. The van der Waals surface area contributed by atoms with Gasteiger partial charge in [-0.3, -0.25) is 0 Å². The summed E-state index contributed by atoms with van der Waals surface area (Å²) >= 11 is 0. The molecule has 0 aliphatic heterocycles. The van der Waals surface area contributed by atoms with Crippen molar-refractivity contribution in [3.8, 4) is 5.69 Å². The highest BCUT2D eigenvalue weighted by Crippen LogP contribution is 2.25. The molecule has 0 saturated carbocycles. The minimum Gasteiger partial charge on any atom is -0.240 e. The molecule has 0 bridgehead atoms. The Morgan fingerprint density at radius 3 is 2.55 bits per heavy atom. The van der Waals surface area contributed by atoms with Gasteiger partial charge in [-0.05, 0) is 19.1 Å². The van der Waals surface area contributed by atoms with E-state index in [1.54, 1.807) is 13.1 Å². The van der Waals surface area contributed by atoms with Crippen molar-refractivity contribution in [3.05, 3.63) is 48.5 Å². The lowest BCUT2D eigenvalue weighted by Crippen LogP contribution is -2.16. The van der Waals surface area contributed by atoms with Gasteiger partial charge in [0, 0.05) is 7.05 Å². The zero-order chi connectivity index (χ0) is 15.7. The van der Waals surface area contributed by atoms with Gasteiger partial charge in [0.25, 0.3) is 0 Å². The molecule has 1 aromatic carbocycles. The molecule has 0 spiro atoms. The summed E-state index contributed by atoms with van der Waals surface area (Å²) in [5.41, 5.74) is 1.16. The summed E-state index contributed by atoms with van der Waals surface area (Å²) < 4.78 is 27.9. The first-order chi connectivity index (χ1) is 10.5. The normalized spacial score (nSPS) is 13.2. The quantitative estimate of drug-likeness (QED) is 0.710. The molecule has 8 nitrogen and oxygen atoms in total. The van der Waals surface area contributed by atoms with Crippen molar-refractivity contribution >= 4 is 9.84 Å². The minimum absolute atomic E-state index is 0.0886. The van der Waals surface area contributed by atoms with Crippen LogP contribution >= 0.6 is 0 Å². The lowest BCUT2D eigenvalue weighted by atomic mass is 10.3. The third-order valence-corrected chi connectivity index (χ3v) is 5.39. The molecule has 3 aromatic rings. The van der Waals surface area contributed by atoms with Crippen LogP contribution in [0.3, 0.4) is 0 Å². The molecule has 1 unspecified atom stereocenters. The molecule has 22 heavy (non-hydrogen) atoms. The van der Waals surface area contributed by atoms with Gasteiger partial charge in [-0.1, -0.05) is 23.4 Å². The van der Waals surface area contributed by atoms with Crippen LogP contribution in [0, 0.1) is 0 Å². The fourth-order valence-electron chi connectivity index (χ4n) is 2.03. The summed E-state index contributed by atoms with van der Waals surface area (Å²) in [6.45, 7) is 1.56. The Labute approximate surface area is 127 Å². The summed E-state index contributed by atoms with van der Waals surface area (Å²) in [5.74, 6) is 0. The summed E-state index contributed by atoms with van der Waals surface area (Å²) in [6.07, 6.45) is 2.81. The van der Waals surface area contributed by atoms with E-state index in [0.29, 0.717) is 5.69 Å². The van der Waals surface area contributed by atoms with Crippen LogP contribution in [-0.2, 0) is 16.9 Å². The molecule has 0 fully saturated rings. The van der Waals surface area contributed by atoms with E-state index in [9.17, 15) is 8.42 Å². The van der Waals surface area contributed by atoms with Crippen molar-refractivity contribution in [1.29, 1.82) is 0 Å². The van der Waals surface area contributed by atoms with E-state index in [-0.39, 0.29) is 5.16 Å². The Hall–Kier alpha value is -2.55. The van der Waals surface area contributed by atoms with Gasteiger partial charge >= 0.3 is 0 Å². The number of hydrogen-bond acceptors (Lipinski definition) is 6. The van der Waals surface area contributed by atoms with Crippen molar-refractivity contribution in [2.75, 3.05) is 0 Å². The molecule has 1 atom stereocenters. The number of aromatic nitrogens is 6. The number of rotatable bonds is 4. The van der Waals surface area contributed by atoms with E-state index >= 15 is 0 Å². The van der Waals surface area contributed by atoms with E-state index in [1.807, 2.05) is 30.3 Å². The van der Waals surface area contributed by atoms with Crippen molar-refractivity contribution in [2.24, 2.45) is 7.05 Å². The molecule has 2 aromatic heterocycles. The first kappa shape index (κ1) is 14.4. The topological polar surface area (TPSA) is 95.6 Å². The zero-order valence-corrected chi connectivity index (χ0v) is 12.8. The van der Waals surface area contributed by atoms with E-state index in [2.05, 4.69) is 20.4 Å². The number of nitrogens with zero attached hydrogens (tertiary/aromatic N) is 6. The first-order valence-corrected chi connectivity index (χ1v) is 8.10. The van der Waals surface area contributed by atoms with Crippen molar-refractivity contribution in [1.82, 2.24) is 29.8 Å². The van der Waals surface area contributed by atoms with Gasteiger partial charge in [0.1, 0.15) is 17.3 Å². The molecule has 0 aliphatic carbocycles. The second-order valence-electron chi connectivity index (χ2n) is 4.78.